The fourth-order valence-corrected chi connectivity index (χ4v) is 3.72. The van der Waals surface area contributed by atoms with Crippen LogP contribution in [0.15, 0.2) is 0 Å². The van der Waals surface area contributed by atoms with Crippen LogP contribution in [0.2, 0.25) is 0 Å². The Hall–Kier alpha value is 2.12. The van der Waals surface area contributed by atoms with Gasteiger partial charge in [0.25, 0.3) is 0 Å². The zero-order valence-electron chi connectivity index (χ0n) is 10.3. The van der Waals surface area contributed by atoms with Gasteiger partial charge >= 0.3 is 66.8 Å². The summed E-state index contributed by atoms with van der Waals surface area (Å²) < 4.78 is 11.2. The van der Waals surface area contributed by atoms with Crippen molar-refractivity contribution in [2.75, 3.05) is 0 Å². The van der Waals surface area contributed by atoms with Crippen molar-refractivity contribution in [3.05, 3.63) is 0 Å². The summed E-state index contributed by atoms with van der Waals surface area (Å²) in [5, 5.41) is 0. The molecule has 0 amide bonds. The van der Waals surface area contributed by atoms with E-state index in [9.17, 15) is 4.89 Å². The molecule has 0 aromatic carbocycles. The molecule has 2 rings (SSSR count). The Morgan fingerprint density at radius 2 is 1.29 bits per heavy atom. The minimum absolute atomic E-state index is 0. The fourth-order valence-electron chi connectivity index (χ4n) is 2.78. The molecule has 4 unspecified atom stereocenters. The van der Waals surface area contributed by atoms with Gasteiger partial charge in [-0.15, -0.1) is 0 Å². The van der Waals surface area contributed by atoms with Gasteiger partial charge in [0.15, 0.2) is 0 Å². The first-order valence-corrected chi connectivity index (χ1v) is 7.59. The molecule has 0 aliphatic heterocycles. The van der Waals surface area contributed by atoms with E-state index in [2.05, 4.69) is 13.8 Å². The molecule has 2 aliphatic rings. The second kappa shape index (κ2) is 8.41. The van der Waals surface area contributed by atoms with Gasteiger partial charge in [-0.3, -0.25) is 0 Å². The molecule has 0 spiro atoms. The van der Waals surface area contributed by atoms with Gasteiger partial charge in [-0.1, -0.05) is 13.8 Å². The Kier molecular flexibility index (Phi) is 8.50. The summed E-state index contributed by atoms with van der Waals surface area (Å²) in [5.74, 6) is 1.47. The maximum atomic E-state index is 9.76. The van der Waals surface area contributed by atoms with Crippen LogP contribution in [0.5, 0.6) is 0 Å². The molecule has 96 valence electrons. The van der Waals surface area contributed by atoms with Gasteiger partial charge in [0.05, 0.1) is 12.2 Å². The number of hydrogen-bond acceptors (Lipinski definition) is 3. The van der Waals surface area contributed by atoms with E-state index < -0.39 is 8.60 Å². The quantitative estimate of drug-likeness (QED) is 0.804. The minimum atomic E-state index is -1.64. The molecule has 3 nitrogen and oxygen atoms in total. The van der Waals surface area contributed by atoms with Gasteiger partial charge in [-0.2, -0.15) is 0 Å². The summed E-state index contributed by atoms with van der Waals surface area (Å²) >= 11 is 0. The van der Waals surface area contributed by atoms with Crippen LogP contribution >= 0.6 is 8.60 Å². The topological polar surface area (TPSA) is 38.7 Å². The fraction of sp³-hybridized carbons (Fsp3) is 1.00. The van der Waals surface area contributed by atoms with Crippen LogP contribution in [0.3, 0.4) is 0 Å². The van der Waals surface area contributed by atoms with Crippen LogP contribution in [0.4, 0.5) is 0 Å². The first kappa shape index (κ1) is 17.2. The van der Waals surface area contributed by atoms with Crippen molar-refractivity contribution in [3.63, 3.8) is 0 Å². The SMILES string of the molecule is CC1CCC(OP(O)OC2CCC(C)C2)C1.[RbH]. The molecule has 0 radical (unpaired) electrons. The normalized spacial score (nSPS) is 39.0. The number of hydrogen-bond donors (Lipinski definition) is 1. The van der Waals surface area contributed by atoms with Crippen LogP contribution < -0.4 is 0 Å². The van der Waals surface area contributed by atoms with Gasteiger partial charge in [-0.05, 0) is 50.4 Å². The summed E-state index contributed by atoms with van der Waals surface area (Å²) in [6.07, 6.45) is 7.18. The summed E-state index contributed by atoms with van der Waals surface area (Å²) in [7, 11) is -1.64. The number of rotatable bonds is 4. The summed E-state index contributed by atoms with van der Waals surface area (Å²) in [4.78, 5) is 9.76. The third-order valence-electron chi connectivity index (χ3n) is 3.77. The predicted molar refractivity (Wildman–Crippen MR) is 72.1 cm³/mol. The standard InChI is InChI=1S/C12H23O3P.Rb.H/c1-9-3-5-11(7-9)14-16(13)15-12-6-4-10(2)8-12;;/h9-13H,3-8H2,1-2H3;;. The molecule has 0 heterocycles. The van der Waals surface area contributed by atoms with Gasteiger partial charge in [-0.25, -0.2) is 0 Å². The second-order valence-corrected chi connectivity index (χ2v) is 6.43. The zero-order valence-corrected chi connectivity index (χ0v) is 11.2. The summed E-state index contributed by atoms with van der Waals surface area (Å²) in [5.41, 5.74) is 0. The van der Waals surface area contributed by atoms with Crippen LogP contribution in [0.25, 0.3) is 0 Å². The molecule has 5 heteroatoms. The Bertz CT molecular complexity index is 208. The van der Waals surface area contributed by atoms with Crippen molar-refractivity contribution in [3.8, 4) is 0 Å². The van der Waals surface area contributed by atoms with Crippen molar-refractivity contribution in [2.45, 2.75) is 64.6 Å². The first-order chi connectivity index (χ1) is 7.63. The van der Waals surface area contributed by atoms with Gasteiger partial charge in [0.1, 0.15) is 0 Å². The van der Waals surface area contributed by atoms with E-state index in [1.54, 1.807) is 0 Å². The second-order valence-electron chi connectivity index (χ2n) is 5.53. The molecule has 4 atom stereocenters. The van der Waals surface area contributed by atoms with Crippen LogP contribution in [-0.4, -0.2) is 75.3 Å². The van der Waals surface area contributed by atoms with Crippen molar-refractivity contribution in [1.29, 1.82) is 0 Å². The molecule has 0 saturated heterocycles. The Labute approximate surface area is 155 Å². The van der Waals surface area contributed by atoms with E-state index in [-0.39, 0.29) is 70.4 Å². The van der Waals surface area contributed by atoms with E-state index in [4.69, 9.17) is 9.05 Å². The predicted octanol–water partition coefficient (Wildman–Crippen LogP) is 2.97. The summed E-state index contributed by atoms with van der Waals surface area (Å²) in [6.45, 7) is 4.48. The Balaban J connectivity index is 0.00000144. The van der Waals surface area contributed by atoms with Gasteiger partial charge in [0, 0.05) is 0 Å². The molecule has 17 heavy (non-hydrogen) atoms. The molecule has 0 aromatic rings. The first-order valence-electron chi connectivity index (χ1n) is 6.46. The monoisotopic (exact) mass is 332 g/mol. The van der Waals surface area contributed by atoms with E-state index in [0.717, 1.165) is 37.5 Å². The molecule has 2 aliphatic carbocycles. The zero-order chi connectivity index (χ0) is 11.5. The average molecular weight is 333 g/mol. The maximum absolute atomic E-state index is 9.76. The molecule has 2 fully saturated rings. The molecular formula is C12H24O3PRb. The molecule has 2 saturated carbocycles. The van der Waals surface area contributed by atoms with Gasteiger partial charge in [0.2, 0.25) is 0 Å². The average Bonchev–Trinajstić information content (AvgIpc) is 2.76. The molecular weight excluding hydrogens is 309 g/mol. The van der Waals surface area contributed by atoms with Crippen LogP contribution in [0.1, 0.15) is 52.4 Å². The van der Waals surface area contributed by atoms with Crippen molar-refractivity contribution in [1.82, 2.24) is 0 Å². The van der Waals surface area contributed by atoms with E-state index in [1.807, 2.05) is 0 Å². The van der Waals surface area contributed by atoms with Crippen molar-refractivity contribution >= 4 is 66.8 Å². The van der Waals surface area contributed by atoms with E-state index >= 15 is 0 Å². The Morgan fingerprint density at radius 3 is 1.59 bits per heavy atom. The van der Waals surface area contributed by atoms with E-state index in [1.165, 1.54) is 12.8 Å². The Morgan fingerprint density at radius 1 is 0.882 bits per heavy atom. The van der Waals surface area contributed by atoms with Crippen LogP contribution in [0, 0.1) is 11.8 Å². The summed E-state index contributed by atoms with van der Waals surface area (Å²) in [6, 6.07) is 0. The van der Waals surface area contributed by atoms with E-state index in [0.29, 0.717) is 0 Å². The third-order valence-corrected chi connectivity index (χ3v) is 4.73. The van der Waals surface area contributed by atoms with Crippen LogP contribution in [-0.2, 0) is 9.05 Å². The molecule has 0 bridgehead atoms. The molecule has 1 N–H and O–H groups in total. The van der Waals surface area contributed by atoms with Gasteiger partial charge < -0.3 is 13.9 Å². The molecule has 0 aromatic heterocycles. The van der Waals surface area contributed by atoms with Crippen molar-refractivity contribution < 1.29 is 13.9 Å². The van der Waals surface area contributed by atoms with Crippen molar-refractivity contribution in [2.24, 2.45) is 11.8 Å². The third kappa shape index (κ3) is 5.95.